The highest BCUT2D eigenvalue weighted by Crippen LogP contribution is 2.28. The number of benzene rings is 2. The van der Waals surface area contributed by atoms with Gasteiger partial charge in [0.05, 0.1) is 22.6 Å². The lowest BCUT2D eigenvalue weighted by Gasteiger charge is -2.33. The van der Waals surface area contributed by atoms with Gasteiger partial charge in [0.1, 0.15) is 5.82 Å². The van der Waals surface area contributed by atoms with Crippen molar-refractivity contribution in [2.75, 3.05) is 6.54 Å². The summed E-state index contributed by atoms with van der Waals surface area (Å²) in [5, 5.41) is 0.580. The summed E-state index contributed by atoms with van der Waals surface area (Å²) >= 11 is 0. The van der Waals surface area contributed by atoms with Crippen LogP contribution in [0.2, 0.25) is 0 Å². The van der Waals surface area contributed by atoms with Crippen LogP contribution in [-0.4, -0.2) is 26.9 Å². The molecule has 0 saturated carbocycles. The van der Waals surface area contributed by atoms with E-state index in [0.29, 0.717) is 29.7 Å². The fraction of sp³-hybridized carbons (Fsp3) is 0.423. The predicted octanol–water partition coefficient (Wildman–Crippen LogP) is 5.35. The molecule has 1 heterocycles. The summed E-state index contributed by atoms with van der Waals surface area (Å²) in [4.78, 5) is 33.6. The van der Waals surface area contributed by atoms with E-state index in [-0.39, 0.29) is 23.4 Å². The topological polar surface area (TPSA) is 55.2 Å². The molecule has 1 amide bonds. The Morgan fingerprint density at radius 1 is 1.06 bits per heavy atom. The second-order valence-electron chi connectivity index (χ2n) is 8.51. The Kier molecular flexibility index (Phi) is 6.94. The Hall–Kier alpha value is -2.95. The normalized spacial score (nSPS) is 12.4. The smallest absolute Gasteiger partial charge is 0.266 e. The van der Waals surface area contributed by atoms with Gasteiger partial charge in [0.2, 0.25) is 5.91 Å². The first-order chi connectivity index (χ1) is 14.8. The molecule has 1 atom stereocenters. The molecule has 0 saturated heterocycles. The average molecular weight is 420 g/mol. The van der Waals surface area contributed by atoms with Crippen LogP contribution in [0.4, 0.5) is 0 Å². The lowest BCUT2D eigenvalue weighted by molar-refractivity contribution is -0.137. The van der Waals surface area contributed by atoms with Gasteiger partial charge in [0.15, 0.2) is 0 Å². The number of hydrogen-bond acceptors (Lipinski definition) is 3. The second kappa shape index (κ2) is 9.46. The zero-order chi connectivity index (χ0) is 22.7. The molecular formula is C26H33N3O2. The number of rotatable bonds is 7. The average Bonchev–Trinajstić information content (AvgIpc) is 2.75. The molecule has 0 aliphatic carbocycles. The van der Waals surface area contributed by atoms with Crippen molar-refractivity contribution in [2.24, 2.45) is 5.92 Å². The Bertz CT molecular complexity index is 1150. The van der Waals surface area contributed by atoms with Gasteiger partial charge in [-0.2, -0.15) is 0 Å². The number of amides is 1. The fourth-order valence-electron chi connectivity index (χ4n) is 4.02. The van der Waals surface area contributed by atoms with Crippen molar-refractivity contribution in [2.45, 2.75) is 60.4 Å². The molecule has 1 aromatic heterocycles. The highest BCUT2D eigenvalue weighted by atomic mass is 16.2. The Morgan fingerprint density at radius 2 is 1.77 bits per heavy atom. The standard InChI is InChI=1S/C26H33N3O2/c1-7-15-28(25(30)17(3)4)23(8-2)24-27-22-12-10-9-11-21(22)26(31)29(24)20-14-13-18(5)19(6)16-20/h9-14,16-17,23H,7-8,15H2,1-6H3. The van der Waals surface area contributed by atoms with E-state index in [4.69, 9.17) is 4.98 Å². The molecule has 1 unspecified atom stereocenters. The summed E-state index contributed by atoms with van der Waals surface area (Å²) in [5.41, 5.74) is 3.63. The summed E-state index contributed by atoms with van der Waals surface area (Å²) in [6.07, 6.45) is 1.52. The first-order valence-corrected chi connectivity index (χ1v) is 11.2. The molecule has 5 nitrogen and oxygen atoms in total. The van der Waals surface area contributed by atoms with Gasteiger partial charge in [-0.15, -0.1) is 0 Å². The minimum Gasteiger partial charge on any atom is -0.332 e. The van der Waals surface area contributed by atoms with Gasteiger partial charge in [-0.1, -0.05) is 45.9 Å². The first-order valence-electron chi connectivity index (χ1n) is 11.2. The van der Waals surface area contributed by atoms with Crippen molar-refractivity contribution in [1.82, 2.24) is 14.5 Å². The number of hydrogen-bond donors (Lipinski definition) is 0. The predicted molar refractivity (Wildman–Crippen MR) is 127 cm³/mol. The van der Waals surface area contributed by atoms with Gasteiger partial charge >= 0.3 is 0 Å². The van der Waals surface area contributed by atoms with E-state index in [1.807, 2.05) is 75.1 Å². The maximum absolute atomic E-state index is 13.7. The Morgan fingerprint density at radius 3 is 2.39 bits per heavy atom. The molecule has 0 radical (unpaired) electrons. The molecule has 0 bridgehead atoms. The lowest BCUT2D eigenvalue weighted by atomic mass is 10.1. The Balaban J connectivity index is 2.34. The van der Waals surface area contributed by atoms with Gasteiger partial charge in [-0.05, 0) is 62.1 Å². The summed E-state index contributed by atoms with van der Waals surface area (Å²) in [6, 6.07) is 13.2. The molecule has 3 rings (SSSR count). The summed E-state index contributed by atoms with van der Waals surface area (Å²) in [6.45, 7) is 12.7. The summed E-state index contributed by atoms with van der Waals surface area (Å²) < 4.78 is 1.71. The monoisotopic (exact) mass is 419 g/mol. The third kappa shape index (κ3) is 4.41. The Labute approximate surface area is 184 Å². The molecule has 0 fully saturated rings. The lowest BCUT2D eigenvalue weighted by Crippen LogP contribution is -2.40. The quantitative estimate of drug-likeness (QED) is 0.519. The van der Waals surface area contributed by atoms with Crippen LogP contribution in [0.25, 0.3) is 16.6 Å². The van der Waals surface area contributed by atoms with E-state index < -0.39 is 0 Å². The minimum absolute atomic E-state index is 0.0859. The van der Waals surface area contributed by atoms with Gasteiger partial charge in [0, 0.05) is 12.5 Å². The zero-order valence-electron chi connectivity index (χ0n) is 19.5. The first kappa shape index (κ1) is 22.7. The van der Waals surface area contributed by atoms with Gasteiger partial charge in [-0.25, -0.2) is 4.98 Å². The maximum Gasteiger partial charge on any atom is 0.266 e. The SMILES string of the molecule is CCCN(C(=O)C(C)C)C(CC)c1nc2ccccc2c(=O)n1-c1ccc(C)c(C)c1. The van der Waals surface area contributed by atoms with E-state index in [0.717, 1.165) is 17.7 Å². The van der Waals surface area contributed by atoms with E-state index >= 15 is 0 Å². The fourth-order valence-corrected chi connectivity index (χ4v) is 4.02. The van der Waals surface area contributed by atoms with Crippen LogP contribution in [0.5, 0.6) is 0 Å². The van der Waals surface area contributed by atoms with E-state index in [1.165, 1.54) is 5.56 Å². The maximum atomic E-state index is 13.7. The number of fused-ring (bicyclic) bond motifs is 1. The molecule has 164 valence electrons. The molecule has 0 spiro atoms. The van der Waals surface area contributed by atoms with Gasteiger partial charge in [0.25, 0.3) is 5.56 Å². The highest BCUT2D eigenvalue weighted by Gasteiger charge is 2.29. The molecular weight excluding hydrogens is 386 g/mol. The van der Waals surface area contributed by atoms with Crippen LogP contribution in [0.3, 0.4) is 0 Å². The van der Waals surface area contributed by atoms with Gasteiger partial charge in [-0.3, -0.25) is 14.2 Å². The zero-order valence-corrected chi connectivity index (χ0v) is 19.5. The van der Waals surface area contributed by atoms with Crippen molar-refractivity contribution in [3.63, 3.8) is 0 Å². The van der Waals surface area contributed by atoms with E-state index in [9.17, 15) is 9.59 Å². The van der Waals surface area contributed by atoms with Gasteiger partial charge < -0.3 is 4.90 Å². The van der Waals surface area contributed by atoms with Crippen LogP contribution in [0.15, 0.2) is 47.3 Å². The van der Waals surface area contributed by atoms with Crippen molar-refractivity contribution >= 4 is 16.8 Å². The largest absolute Gasteiger partial charge is 0.332 e. The van der Waals surface area contributed by atoms with Crippen LogP contribution >= 0.6 is 0 Å². The number of nitrogens with zero attached hydrogens (tertiary/aromatic N) is 3. The number of aromatic nitrogens is 2. The van der Waals surface area contributed by atoms with Crippen molar-refractivity contribution in [3.8, 4) is 5.69 Å². The number of carbonyl (C=O) groups excluding carboxylic acids is 1. The van der Waals surface area contributed by atoms with Crippen molar-refractivity contribution in [3.05, 3.63) is 69.8 Å². The third-order valence-electron chi connectivity index (χ3n) is 5.85. The summed E-state index contributed by atoms with van der Waals surface area (Å²) in [5.74, 6) is 0.586. The van der Waals surface area contributed by atoms with Crippen LogP contribution in [0.1, 0.15) is 63.5 Å². The molecule has 0 N–H and O–H groups in total. The second-order valence-corrected chi connectivity index (χ2v) is 8.51. The molecule has 0 aliphatic heterocycles. The highest BCUT2D eigenvalue weighted by molar-refractivity contribution is 5.80. The van der Waals surface area contributed by atoms with Crippen molar-refractivity contribution < 1.29 is 4.79 Å². The molecule has 3 aromatic rings. The molecule has 2 aromatic carbocycles. The van der Waals surface area contributed by atoms with Crippen LogP contribution in [-0.2, 0) is 4.79 Å². The molecule has 31 heavy (non-hydrogen) atoms. The number of para-hydroxylation sites is 1. The number of aryl methyl sites for hydroxylation is 2. The summed E-state index contributed by atoms with van der Waals surface area (Å²) in [7, 11) is 0. The van der Waals surface area contributed by atoms with Crippen molar-refractivity contribution in [1.29, 1.82) is 0 Å². The molecule has 0 aliphatic rings. The minimum atomic E-state index is -0.284. The molecule has 5 heteroatoms. The van der Waals surface area contributed by atoms with E-state index in [1.54, 1.807) is 4.57 Å². The van der Waals surface area contributed by atoms with Crippen LogP contribution < -0.4 is 5.56 Å². The third-order valence-corrected chi connectivity index (χ3v) is 5.85. The van der Waals surface area contributed by atoms with E-state index in [2.05, 4.69) is 13.8 Å². The number of carbonyl (C=O) groups is 1. The van der Waals surface area contributed by atoms with Crippen LogP contribution in [0, 0.1) is 19.8 Å².